The van der Waals surface area contributed by atoms with Gasteiger partial charge < -0.3 is 15.4 Å². The molecule has 23 heavy (non-hydrogen) atoms. The van der Waals surface area contributed by atoms with Gasteiger partial charge in [0, 0.05) is 33.3 Å². The molecule has 1 aliphatic rings. The fourth-order valence-electron chi connectivity index (χ4n) is 2.46. The Morgan fingerprint density at radius 1 is 1.35 bits per heavy atom. The first-order chi connectivity index (χ1) is 10.7. The lowest BCUT2D eigenvalue weighted by molar-refractivity contribution is 0.0241. The van der Waals surface area contributed by atoms with Gasteiger partial charge in [0.25, 0.3) is 0 Å². The number of nitrogens with one attached hydrogen (secondary N) is 2. The molecule has 0 aromatic carbocycles. The van der Waals surface area contributed by atoms with Crippen LogP contribution in [-0.2, 0) is 14.8 Å². The summed E-state index contributed by atoms with van der Waals surface area (Å²) in [6.07, 6.45) is 0.745. The van der Waals surface area contributed by atoms with Crippen molar-refractivity contribution < 1.29 is 13.2 Å². The molecule has 1 aliphatic heterocycles. The van der Waals surface area contributed by atoms with Crippen LogP contribution in [0, 0.1) is 5.41 Å². The molecule has 0 radical (unpaired) electrons. The molecule has 1 saturated heterocycles. The Labute approximate surface area is 140 Å². The minimum atomic E-state index is -3.03. The summed E-state index contributed by atoms with van der Waals surface area (Å²) in [5, 5.41) is 6.37. The second-order valence-electron chi connectivity index (χ2n) is 6.81. The molecule has 0 bridgehead atoms. The third-order valence-corrected chi connectivity index (χ3v) is 5.82. The molecular formula is C15H32N4O3S. The average molecular weight is 349 g/mol. The number of hydrogen-bond acceptors (Lipinski definition) is 4. The number of guanidine groups is 1. The van der Waals surface area contributed by atoms with Gasteiger partial charge in [-0.2, -0.15) is 0 Å². The van der Waals surface area contributed by atoms with Gasteiger partial charge in [-0.15, -0.1) is 0 Å². The van der Waals surface area contributed by atoms with Gasteiger partial charge in [0.1, 0.15) is 0 Å². The summed E-state index contributed by atoms with van der Waals surface area (Å²) >= 11 is 0. The van der Waals surface area contributed by atoms with E-state index in [2.05, 4.69) is 36.4 Å². The molecule has 1 fully saturated rings. The number of ether oxygens (including phenoxy) is 1. The lowest BCUT2D eigenvalue weighted by atomic mass is 9.89. The van der Waals surface area contributed by atoms with E-state index in [9.17, 15) is 8.42 Å². The molecule has 8 heteroatoms. The largest absolute Gasteiger partial charge is 0.379 e. The van der Waals surface area contributed by atoms with Crippen LogP contribution in [0.5, 0.6) is 0 Å². The summed E-state index contributed by atoms with van der Waals surface area (Å²) in [4.78, 5) is 4.55. The SMILES string of the molecule is CCNC(=NCC(OC)C(C)(C)C)NCCN1CCCS1(=O)=O. The molecule has 0 aromatic rings. The molecule has 1 atom stereocenters. The van der Waals surface area contributed by atoms with E-state index in [1.165, 1.54) is 4.31 Å². The minimum Gasteiger partial charge on any atom is -0.379 e. The Bertz CT molecular complexity index is 485. The van der Waals surface area contributed by atoms with Crippen LogP contribution < -0.4 is 10.6 Å². The standard InChI is InChI=1S/C15H32N4O3S/c1-6-16-14(18-12-13(22-5)15(2,3)4)17-8-10-19-9-7-11-23(19,20)21/h13H,6-12H2,1-5H3,(H2,16,17,18). The smallest absolute Gasteiger partial charge is 0.214 e. The molecular weight excluding hydrogens is 316 g/mol. The van der Waals surface area contributed by atoms with E-state index in [4.69, 9.17) is 4.74 Å². The summed E-state index contributed by atoms with van der Waals surface area (Å²) < 4.78 is 30.6. The van der Waals surface area contributed by atoms with Crippen LogP contribution in [0.25, 0.3) is 0 Å². The number of hydrogen-bond donors (Lipinski definition) is 2. The zero-order valence-electron chi connectivity index (χ0n) is 15.1. The molecule has 0 amide bonds. The maximum absolute atomic E-state index is 11.8. The Balaban J connectivity index is 2.52. The van der Waals surface area contributed by atoms with Crippen LogP contribution in [0.15, 0.2) is 4.99 Å². The summed E-state index contributed by atoms with van der Waals surface area (Å²) in [6, 6.07) is 0. The van der Waals surface area contributed by atoms with Crippen LogP contribution in [-0.4, -0.2) is 70.4 Å². The van der Waals surface area contributed by atoms with Gasteiger partial charge in [-0.3, -0.25) is 4.99 Å². The monoisotopic (exact) mass is 348 g/mol. The Kier molecular flexibility index (Phi) is 7.76. The van der Waals surface area contributed by atoms with Crippen LogP contribution >= 0.6 is 0 Å². The van der Waals surface area contributed by atoms with Gasteiger partial charge >= 0.3 is 0 Å². The van der Waals surface area contributed by atoms with E-state index in [0.717, 1.165) is 13.0 Å². The van der Waals surface area contributed by atoms with E-state index in [0.29, 0.717) is 32.1 Å². The van der Waals surface area contributed by atoms with Crippen LogP contribution in [0.3, 0.4) is 0 Å². The lowest BCUT2D eigenvalue weighted by Gasteiger charge is -2.28. The van der Waals surface area contributed by atoms with E-state index >= 15 is 0 Å². The number of nitrogens with zero attached hydrogens (tertiary/aromatic N) is 2. The van der Waals surface area contributed by atoms with Crippen molar-refractivity contribution in [3.05, 3.63) is 0 Å². The fourth-order valence-corrected chi connectivity index (χ4v) is 3.99. The predicted molar refractivity (Wildman–Crippen MR) is 94.2 cm³/mol. The van der Waals surface area contributed by atoms with Gasteiger partial charge in [0.05, 0.1) is 18.4 Å². The normalized spacial score (nSPS) is 20.5. The zero-order chi connectivity index (χ0) is 17.5. The summed E-state index contributed by atoms with van der Waals surface area (Å²) in [5.74, 6) is 0.956. The maximum atomic E-state index is 11.8. The molecule has 1 unspecified atom stereocenters. The second-order valence-corrected chi connectivity index (χ2v) is 8.89. The molecule has 1 rings (SSSR count). The lowest BCUT2D eigenvalue weighted by Crippen LogP contribution is -2.43. The highest BCUT2D eigenvalue weighted by molar-refractivity contribution is 7.89. The van der Waals surface area contributed by atoms with Crippen LogP contribution in [0.1, 0.15) is 34.1 Å². The molecule has 1 heterocycles. The minimum absolute atomic E-state index is 0.0131. The molecule has 7 nitrogen and oxygen atoms in total. The maximum Gasteiger partial charge on any atom is 0.214 e. The number of sulfonamides is 1. The first-order valence-electron chi connectivity index (χ1n) is 8.23. The second kappa shape index (κ2) is 8.84. The Hall–Kier alpha value is -0.860. The first kappa shape index (κ1) is 20.2. The zero-order valence-corrected chi connectivity index (χ0v) is 15.9. The van der Waals surface area contributed by atoms with Crippen molar-refractivity contribution in [1.29, 1.82) is 0 Å². The topological polar surface area (TPSA) is 83.0 Å². The number of rotatable bonds is 7. The third-order valence-electron chi connectivity index (χ3n) is 3.87. The Morgan fingerprint density at radius 3 is 2.52 bits per heavy atom. The van der Waals surface area contributed by atoms with Gasteiger partial charge in [-0.25, -0.2) is 12.7 Å². The van der Waals surface area contributed by atoms with Gasteiger partial charge in [0.2, 0.25) is 10.0 Å². The molecule has 0 aromatic heterocycles. The summed E-state index contributed by atoms with van der Waals surface area (Å²) in [6.45, 7) is 11.3. The van der Waals surface area contributed by atoms with E-state index in [-0.39, 0.29) is 17.3 Å². The average Bonchev–Trinajstić information content (AvgIpc) is 2.77. The quantitative estimate of drug-likeness (QED) is 0.521. The Morgan fingerprint density at radius 2 is 2.04 bits per heavy atom. The fraction of sp³-hybridized carbons (Fsp3) is 0.933. The highest BCUT2D eigenvalue weighted by Gasteiger charge is 2.27. The van der Waals surface area contributed by atoms with E-state index in [1.54, 1.807) is 7.11 Å². The summed E-state index contributed by atoms with van der Waals surface area (Å²) in [7, 11) is -1.33. The number of aliphatic imine (C=N–C) groups is 1. The van der Waals surface area contributed by atoms with Crippen LogP contribution in [0.2, 0.25) is 0 Å². The van der Waals surface area contributed by atoms with Crippen molar-refractivity contribution in [1.82, 2.24) is 14.9 Å². The van der Waals surface area contributed by atoms with Crippen molar-refractivity contribution >= 4 is 16.0 Å². The highest BCUT2D eigenvalue weighted by atomic mass is 32.2. The van der Waals surface area contributed by atoms with Gasteiger partial charge in [-0.05, 0) is 18.8 Å². The third kappa shape index (κ3) is 6.64. The van der Waals surface area contributed by atoms with Gasteiger partial charge in [0.15, 0.2) is 5.96 Å². The molecule has 0 spiro atoms. The molecule has 2 N–H and O–H groups in total. The van der Waals surface area contributed by atoms with Crippen molar-refractivity contribution in [3.63, 3.8) is 0 Å². The first-order valence-corrected chi connectivity index (χ1v) is 9.84. The van der Waals surface area contributed by atoms with Crippen LogP contribution in [0.4, 0.5) is 0 Å². The summed E-state index contributed by atoms with van der Waals surface area (Å²) in [5.41, 5.74) is 0.0131. The van der Waals surface area contributed by atoms with E-state index < -0.39 is 10.0 Å². The van der Waals surface area contributed by atoms with E-state index in [1.807, 2.05) is 6.92 Å². The van der Waals surface area contributed by atoms with Crippen molar-refractivity contribution in [2.45, 2.75) is 40.2 Å². The molecule has 0 aliphatic carbocycles. The van der Waals surface area contributed by atoms with Crippen molar-refractivity contribution in [2.24, 2.45) is 10.4 Å². The van der Waals surface area contributed by atoms with Gasteiger partial charge in [-0.1, -0.05) is 20.8 Å². The number of methoxy groups -OCH3 is 1. The molecule has 0 saturated carbocycles. The predicted octanol–water partition coefficient (Wildman–Crippen LogP) is 0.638. The van der Waals surface area contributed by atoms with Crippen molar-refractivity contribution in [2.75, 3.05) is 45.6 Å². The van der Waals surface area contributed by atoms with Crippen molar-refractivity contribution in [3.8, 4) is 0 Å². The molecule has 136 valence electrons. The highest BCUT2D eigenvalue weighted by Crippen LogP contribution is 2.21.